The predicted molar refractivity (Wildman–Crippen MR) is 113 cm³/mol. The van der Waals surface area contributed by atoms with E-state index in [0.29, 0.717) is 16.5 Å². The number of fused-ring (bicyclic) bond motifs is 1. The molecular formula is C21H27N6O2S+. The van der Waals surface area contributed by atoms with Crippen LogP contribution in [0.2, 0.25) is 0 Å². The summed E-state index contributed by atoms with van der Waals surface area (Å²) in [6, 6.07) is 4.21. The van der Waals surface area contributed by atoms with Crippen LogP contribution in [0.25, 0.3) is 0 Å². The van der Waals surface area contributed by atoms with Crippen LogP contribution in [-0.4, -0.2) is 35.0 Å². The second-order valence-electron chi connectivity index (χ2n) is 7.81. The highest BCUT2D eigenvalue weighted by Gasteiger charge is 2.23. The van der Waals surface area contributed by atoms with Gasteiger partial charge in [-0.2, -0.15) is 10.3 Å². The molecule has 0 atom stereocenters. The van der Waals surface area contributed by atoms with E-state index in [1.54, 1.807) is 11.0 Å². The molecule has 3 heterocycles. The number of amides is 1. The summed E-state index contributed by atoms with van der Waals surface area (Å²) in [7, 11) is 0. The van der Waals surface area contributed by atoms with Gasteiger partial charge in [-0.05, 0) is 56.6 Å². The zero-order chi connectivity index (χ0) is 20.8. The Morgan fingerprint density at radius 2 is 1.97 bits per heavy atom. The number of piperidine rings is 1. The number of carbonyl (C=O) groups excluding carboxylic acids is 1. The van der Waals surface area contributed by atoms with Gasteiger partial charge in [0.2, 0.25) is 11.2 Å². The summed E-state index contributed by atoms with van der Waals surface area (Å²) in [4.78, 5) is 18.8. The summed E-state index contributed by atoms with van der Waals surface area (Å²) in [5.74, 6) is 0.266. The number of nitriles is 1. The molecule has 8 nitrogen and oxygen atoms in total. The molecule has 1 amide bonds. The predicted octanol–water partition coefficient (Wildman–Crippen LogP) is 2.74. The first-order chi connectivity index (χ1) is 14.7. The minimum atomic E-state index is -0.209. The lowest BCUT2D eigenvalue weighted by molar-refractivity contribution is -0.759. The van der Waals surface area contributed by atoms with Crippen LogP contribution in [0.5, 0.6) is 0 Å². The minimum absolute atomic E-state index is 0.158. The number of nitrogens with zero attached hydrogens (tertiary/aromatic N) is 5. The Morgan fingerprint density at radius 1 is 1.20 bits per heavy atom. The average molecular weight is 428 g/mol. The number of anilines is 1. The van der Waals surface area contributed by atoms with Crippen LogP contribution in [0.15, 0.2) is 21.8 Å². The molecule has 0 saturated carbocycles. The molecule has 0 radical (unpaired) electrons. The van der Waals surface area contributed by atoms with E-state index < -0.39 is 0 Å². The molecule has 2 aromatic rings. The largest absolute Gasteiger partial charge is 0.305 e. The Balaban J connectivity index is 1.37. The monoisotopic (exact) mass is 427 g/mol. The Bertz CT molecular complexity index is 932. The Kier molecular flexibility index (Phi) is 6.84. The van der Waals surface area contributed by atoms with E-state index in [0.717, 1.165) is 57.3 Å². The molecule has 9 heteroatoms. The van der Waals surface area contributed by atoms with Crippen molar-refractivity contribution in [2.75, 3.05) is 29.2 Å². The van der Waals surface area contributed by atoms with E-state index in [9.17, 15) is 10.1 Å². The van der Waals surface area contributed by atoms with Crippen LogP contribution in [-0.2, 0) is 17.6 Å². The van der Waals surface area contributed by atoms with Crippen molar-refractivity contribution in [3.8, 4) is 6.07 Å². The van der Waals surface area contributed by atoms with Crippen LogP contribution >= 0.6 is 11.8 Å². The Labute approximate surface area is 180 Å². The fourth-order valence-corrected chi connectivity index (χ4v) is 4.75. The zero-order valence-corrected chi connectivity index (χ0v) is 17.9. The number of carbonyl (C=O) groups is 1. The third-order valence-corrected chi connectivity index (χ3v) is 6.56. The van der Waals surface area contributed by atoms with Crippen molar-refractivity contribution in [2.24, 2.45) is 0 Å². The molecule has 2 aliphatic rings. The second kappa shape index (κ2) is 9.94. The summed E-state index contributed by atoms with van der Waals surface area (Å²) < 4.78 is 5.25. The number of aryl methyl sites for hydroxylation is 2. The third-order valence-electron chi connectivity index (χ3n) is 5.57. The molecule has 1 N–H and O–H groups in total. The molecular weight excluding hydrogens is 400 g/mol. The molecule has 0 bridgehead atoms. The normalized spacial score (nSPS) is 16.8. The van der Waals surface area contributed by atoms with Gasteiger partial charge < -0.3 is 0 Å². The number of hydrogen-bond acceptors (Lipinski definition) is 7. The van der Waals surface area contributed by atoms with Gasteiger partial charge in [-0.25, -0.2) is 4.98 Å². The highest BCUT2D eigenvalue weighted by Crippen LogP contribution is 2.26. The van der Waals surface area contributed by atoms with Crippen LogP contribution in [0, 0.1) is 11.3 Å². The molecule has 0 aromatic carbocycles. The maximum atomic E-state index is 12.4. The molecule has 30 heavy (non-hydrogen) atoms. The van der Waals surface area contributed by atoms with Gasteiger partial charge in [0.15, 0.2) is 0 Å². The lowest BCUT2D eigenvalue weighted by Gasteiger charge is -2.17. The summed E-state index contributed by atoms with van der Waals surface area (Å²) in [5, 5.41) is 19.0. The standard InChI is InChI=1S/C21H26N6O2S/c22-13-17-12-16-8-4-1-2-5-9-18(16)23-21(17)30-15-19(28)24-20-14-27(25-29-20)26-10-6-3-7-11-26/h12,14H,1-11,15H2/p+1. The first kappa shape index (κ1) is 20.7. The topological polar surface area (TPSA) is 98.9 Å². The molecule has 4 rings (SSSR count). The van der Waals surface area contributed by atoms with Gasteiger partial charge in [-0.1, -0.05) is 24.6 Å². The first-order valence-electron chi connectivity index (χ1n) is 10.7. The number of rotatable bonds is 5. The molecule has 1 fully saturated rings. The third kappa shape index (κ3) is 5.11. The Morgan fingerprint density at radius 3 is 2.77 bits per heavy atom. The highest BCUT2D eigenvalue weighted by molar-refractivity contribution is 8.00. The van der Waals surface area contributed by atoms with Crippen molar-refractivity contribution in [1.82, 2.24) is 10.3 Å². The average Bonchev–Trinajstić information content (AvgIpc) is 3.22. The van der Waals surface area contributed by atoms with Crippen molar-refractivity contribution in [3.05, 3.63) is 29.1 Å². The minimum Gasteiger partial charge on any atom is -0.288 e. The van der Waals surface area contributed by atoms with Crippen molar-refractivity contribution in [2.45, 2.75) is 62.8 Å². The van der Waals surface area contributed by atoms with E-state index in [4.69, 9.17) is 9.51 Å². The summed E-state index contributed by atoms with van der Waals surface area (Å²) in [6.45, 7) is 1.86. The maximum absolute atomic E-state index is 12.4. The van der Waals surface area contributed by atoms with Gasteiger partial charge >= 0.3 is 5.88 Å². The van der Waals surface area contributed by atoms with Crippen molar-refractivity contribution >= 4 is 23.6 Å². The number of hydrogen-bond donors (Lipinski definition) is 1. The molecule has 0 unspecified atom stereocenters. The van der Waals surface area contributed by atoms with E-state index in [-0.39, 0.29) is 11.7 Å². The zero-order valence-electron chi connectivity index (χ0n) is 17.1. The number of thioether (sulfide) groups is 1. The molecule has 2 aromatic heterocycles. The number of pyridine rings is 1. The number of nitrogens with one attached hydrogen (secondary N) is 1. The maximum Gasteiger partial charge on any atom is 0.305 e. The van der Waals surface area contributed by atoms with Crippen LogP contribution < -0.4 is 15.1 Å². The van der Waals surface area contributed by atoms with Gasteiger partial charge in [-0.3, -0.25) is 14.6 Å². The van der Waals surface area contributed by atoms with Gasteiger partial charge in [-0.15, -0.1) is 0 Å². The fraction of sp³-hybridized carbons (Fsp3) is 0.571. The number of aromatic nitrogens is 3. The van der Waals surface area contributed by atoms with E-state index >= 15 is 0 Å². The van der Waals surface area contributed by atoms with Crippen LogP contribution in [0.1, 0.15) is 61.8 Å². The smallest absolute Gasteiger partial charge is 0.288 e. The van der Waals surface area contributed by atoms with Gasteiger partial charge in [0.05, 0.1) is 29.2 Å². The van der Waals surface area contributed by atoms with E-state index in [2.05, 4.69) is 21.7 Å². The van der Waals surface area contributed by atoms with Crippen molar-refractivity contribution < 1.29 is 14.1 Å². The fourth-order valence-electron chi connectivity index (χ4n) is 3.97. The van der Waals surface area contributed by atoms with Gasteiger partial charge in [0.25, 0.3) is 6.20 Å². The lowest BCUT2D eigenvalue weighted by Crippen LogP contribution is -2.60. The van der Waals surface area contributed by atoms with Gasteiger partial charge in [0.1, 0.15) is 11.1 Å². The molecule has 1 aliphatic heterocycles. The molecule has 158 valence electrons. The SMILES string of the molecule is N#Cc1cc2c(nc1SCC(=O)Nc1c[n+](N3CCCCC3)no1)CCCCCC2. The quantitative estimate of drug-likeness (QED) is 0.578. The van der Waals surface area contributed by atoms with Crippen LogP contribution in [0.4, 0.5) is 5.88 Å². The molecule has 1 saturated heterocycles. The second-order valence-corrected chi connectivity index (χ2v) is 8.77. The summed E-state index contributed by atoms with van der Waals surface area (Å²) in [6.07, 6.45) is 11.8. The molecule has 1 aliphatic carbocycles. The van der Waals surface area contributed by atoms with E-state index in [1.165, 1.54) is 36.6 Å². The van der Waals surface area contributed by atoms with Gasteiger partial charge in [0, 0.05) is 5.69 Å². The Hall–Kier alpha value is -2.60. The lowest BCUT2D eigenvalue weighted by atomic mass is 9.96. The summed E-state index contributed by atoms with van der Waals surface area (Å²) >= 11 is 1.29. The van der Waals surface area contributed by atoms with Crippen molar-refractivity contribution in [1.29, 1.82) is 5.26 Å². The van der Waals surface area contributed by atoms with Crippen LogP contribution in [0.3, 0.4) is 0 Å². The first-order valence-corrected chi connectivity index (χ1v) is 11.7. The summed E-state index contributed by atoms with van der Waals surface area (Å²) in [5.41, 5.74) is 2.81. The van der Waals surface area contributed by atoms with Crippen molar-refractivity contribution in [3.63, 3.8) is 0 Å². The highest BCUT2D eigenvalue weighted by atomic mass is 32.2. The molecule has 0 spiro atoms. The van der Waals surface area contributed by atoms with E-state index in [1.807, 2.05) is 6.07 Å².